The molecule has 1 aromatic rings. The molecule has 154 valence electrons. The lowest BCUT2D eigenvalue weighted by atomic mass is 9.79. The number of carbonyl (C=O) groups is 1. The van der Waals surface area contributed by atoms with Gasteiger partial charge in [-0.25, -0.2) is 4.79 Å². The van der Waals surface area contributed by atoms with Gasteiger partial charge in [-0.2, -0.15) is 0 Å². The highest BCUT2D eigenvalue weighted by molar-refractivity contribution is 5.70. The van der Waals surface area contributed by atoms with E-state index in [2.05, 4.69) is 21.9 Å². The maximum absolute atomic E-state index is 12.0. The summed E-state index contributed by atoms with van der Waals surface area (Å²) < 4.78 is 5.65. The largest absolute Gasteiger partial charge is 0.414 e. The topological polar surface area (TPSA) is 36.0 Å². The Morgan fingerprint density at radius 3 is 2.71 bits per heavy atom. The van der Waals surface area contributed by atoms with E-state index >= 15 is 0 Å². The van der Waals surface area contributed by atoms with Crippen LogP contribution in [0.1, 0.15) is 55.6 Å². The molecule has 4 rings (SSSR count). The van der Waals surface area contributed by atoms with Crippen LogP contribution in [0, 0.1) is 0 Å². The minimum absolute atomic E-state index is 0.290. The number of benzene rings is 1. The molecule has 3 aliphatic rings. The third kappa shape index (κ3) is 4.20. The molecule has 5 nitrogen and oxygen atoms in total. The summed E-state index contributed by atoms with van der Waals surface area (Å²) >= 11 is 0. The molecule has 0 radical (unpaired) electrons. The van der Waals surface area contributed by atoms with Crippen LogP contribution in [0.25, 0.3) is 0 Å². The zero-order chi connectivity index (χ0) is 19.5. The Kier molecular flexibility index (Phi) is 6.22. The molecule has 0 bridgehead atoms. The first-order chi connectivity index (χ1) is 13.6. The third-order valence-electron chi connectivity index (χ3n) is 6.85. The molecule has 2 atom stereocenters. The number of amides is 1. The third-order valence-corrected chi connectivity index (χ3v) is 6.85. The summed E-state index contributed by atoms with van der Waals surface area (Å²) in [5, 5.41) is 0. The van der Waals surface area contributed by atoms with E-state index in [0.29, 0.717) is 12.0 Å². The Hall–Kier alpha value is -1.59. The van der Waals surface area contributed by atoms with Gasteiger partial charge in [-0.3, -0.25) is 4.90 Å². The van der Waals surface area contributed by atoms with Gasteiger partial charge < -0.3 is 14.5 Å². The van der Waals surface area contributed by atoms with Crippen molar-refractivity contribution >= 4 is 6.09 Å². The van der Waals surface area contributed by atoms with Crippen LogP contribution in [0.5, 0.6) is 5.75 Å². The lowest BCUT2D eigenvalue weighted by Crippen LogP contribution is -2.38. The summed E-state index contributed by atoms with van der Waals surface area (Å²) in [7, 11) is 3.46. The molecule has 0 N–H and O–H groups in total. The summed E-state index contributed by atoms with van der Waals surface area (Å²) in [5.74, 6) is 1.36. The maximum atomic E-state index is 12.0. The molecule has 1 aromatic carbocycles. The number of ether oxygens (including phenoxy) is 1. The van der Waals surface area contributed by atoms with E-state index in [-0.39, 0.29) is 6.09 Å². The van der Waals surface area contributed by atoms with Crippen molar-refractivity contribution in [3.05, 3.63) is 29.3 Å². The van der Waals surface area contributed by atoms with Crippen LogP contribution in [0.4, 0.5) is 4.79 Å². The maximum Gasteiger partial charge on any atom is 0.414 e. The highest BCUT2D eigenvalue weighted by atomic mass is 16.6. The van der Waals surface area contributed by atoms with E-state index in [1.807, 2.05) is 6.07 Å². The summed E-state index contributed by atoms with van der Waals surface area (Å²) in [4.78, 5) is 18.9. The molecule has 1 aliphatic carbocycles. The molecule has 0 saturated carbocycles. The summed E-state index contributed by atoms with van der Waals surface area (Å²) in [5.41, 5.74) is 2.67. The van der Waals surface area contributed by atoms with Gasteiger partial charge in [0.15, 0.2) is 0 Å². The normalized spacial score (nSPS) is 25.2. The van der Waals surface area contributed by atoms with Crippen molar-refractivity contribution in [2.45, 2.75) is 56.9 Å². The molecule has 2 saturated heterocycles. The average Bonchev–Trinajstić information content (AvgIpc) is 3.12. The van der Waals surface area contributed by atoms with E-state index in [1.165, 1.54) is 87.3 Å². The van der Waals surface area contributed by atoms with Crippen LogP contribution in [0.15, 0.2) is 18.2 Å². The minimum Gasteiger partial charge on any atom is -0.410 e. The average molecular weight is 386 g/mol. The fourth-order valence-electron chi connectivity index (χ4n) is 5.39. The van der Waals surface area contributed by atoms with Crippen LogP contribution in [-0.2, 0) is 6.42 Å². The second-order valence-electron chi connectivity index (χ2n) is 8.88. The molecule has 1 amide bonds. The van der Waals surface area contributed by atoms with Crippen LogP contribution < -0.4 is 4.74 Å². The van der Waals surface area contributed by atoms with Gasteiger partial charge in [-0.1, -0.05) is 18.6 Å². The van der Waals surface area contributed by atoms with E-state index in [4.69, 9.17) is 4.74 Å². The second-order valence-corrected chi connectivity index (χ2v) is 8.88. The molecular formula is C23H35N3O2. The molecule has 0 spiro atoms. The number of likely N-dealkylation sites (tertiary alicyclic amines) is 2. The predicted octanol–water partition coefficient (Wildman–Crippen LogP) is 3.73. The van der Waals surface area contributed by atoms with Crippen LogP contribution >= 0.6 is 0 Å². The Morgan fingerprint density at radius 1 is 1.11 bits per heavy atom. The number of rotatable bonds is 5. The lowest BCUT2D eigenvalue weighted by Gasteiger charge is -2.34. The van der Waals surface area contributed by atoms with Gasteiger partial charge in [-0.15, -0.1) is 0 Å². The Balaban J connectivity index is 1.37. The zero-order valence-electron chi connectivity index (χ0n) is 17.5. The number of fused-ring (bicyclic) bond motifs is 3. The first kappa shape index (κ1) is 19.7. The highest BCUT2D eigenvalue weighted by Gasteiger charge is 2.39. The van der Waals surface area contributed by atoms with E-state index in [9.17, 15) is 4.79 Å². The number of hydrogen-bond acceptors (Lipinski definition) is 4. The molecule has 2 heterocycles. The Labute approximate surface area is 169 Å². The standard InChI is InChI=1S/C23H35N3O2/c1-24(2)23(27)28-22-9-6-8-18-19-12-17-26(21(19)11-10-20(18)22)16-7-15-25-13-4-3-5-14-25/h6,8-9,19,21H,3-5,7,10-17H2,1-2H3/t19-,21+/m1/s1. The minimum atomic E-state index is -0.290. The number of piperidine rings is 1. The van der Waals surface area contributed by atoms with Crippen molar-refractivity contribution in [2.75, 3.05) is 46.8 Å². The van der Waals surface area contributed by atoms with Gasteiger partial charge in [0.1, 0.15) is 5.75 Å². The molecule has 2 fully saturated rings. The summed E-state index contributed by atoms with van der Waals surface area (Å²) in [6.45, 7) is 6.29. The zero-order valence-corrected chi connectivity index (χ0v) is 17.5. The van der Waals surface area contributed by atoms with Crippen molar-refractivity contribution < 1.29 is 9.53 Å². The van der Waals surface area contributed by atoms with Gasteiger partial charge >= 0.3 is 6.09 Å². The molecule has 28 heavy (non-hydrogen) atoms. The SMILES string of the molecule is CN(C)C(=O)Oc1cccc2c1CC[C@H]1[C@@H]2CCN1CCCN1CCCCC1. The molecule has 0 aromatic heterocycles. The molecule has 0 unspecified atom stereocenters. The Morgan fingerprint density at radius 2 is 1.93 bits per heavy atom. The van der Waals surface area contributed by atoms with Crippen molar-refractivity contribution in [1.82, 2.24) is 14.7 Å². The van der Waals surface area contributed by atoms with Gasteiger partial charge in [0, 0.05) is 26.1 Å². The summed E-state index contributed by atoms with van der Waals surface area (Å²) in [6.07, 6.45) is 8.59. The van der Waals surface area contributed by atoms with E-state index < -0.39 is 0 Å². The van der Waals surface area contributed by atoms with E-state index in [1.54, 1.807) is 14.1 Å². The lowest BCUT2D eigenvalue weighted by molar-refractivity contribution is 0.170. The molecule has 2 aliphatic heterocycles. The first-order valence-corrected chi connectivity index (χ1v) is 11.1. The van der Waals surface area contributed by atoms with Gasteiger partial charge in [0.2, 0.25) is 0 Å². The Bertz CT molecular complexity index is 684. The van der Waals surface area contributed by atoms with Crippen molar-refractivity contribution in [3.8, 4) is 5.75 Å². The fraction of sp³-hybridized carbons (Fsp3) is 0.696. The summed E-state index contributed by atoms with van der Waals surface area (Å²) in [6, 6.07) is 6.93. The predicted molar refractivity (Wildman–Crippen MR) is 112 cm³/mol. The number of carbonyl (C=O) groups excluding carboxylic acids is 1. The molecule has 5 heteroatoms. The second kappa shape index (κ2) is 8.83. The monoisotopic (exact) mass is 385 g/mol. The molecular weight excluding hydrogens is 350 g/mol. The van der Waals surface area contributed by atoms with Crippen molar-refractivity contribution in [3.63, 3.8) is 0 Å². The van der Waals surface area contributed by atoms with Crippen LogP contribution in [-0.4, -0.2) is 73.7 Å². The smallest absolute Gasteiger partial charge is 0.410 e. The van der Waals surface area contributed by atoms with Gasteiger partial charge in [-0.05, 0) is 88.4 Å². The van der Waals surface area contributed by atoms with E-state index in [0.717, 1.165) is 12.2 Å². The van der Waals surface area contributed by atoms with Crippen LogP contribution in [0.3, 0.4) is 0 Å². The number of hydrogen-bond donors (Lipinski definition) is 0. The quantitative estimate of drug-likeness (QED) is 0.774. The first-order valence-electron chi connectivity index (χ1n) is 11.1. The van der Waals surface area contributed by atoms with Crippen molar-refractivity contribution in [1.29, 1.82) is 0 Å². The van der Waals surface area contributed by atoms with Crippen molar-refractivity contribution in [2.24, 2.45) is 0 Å². The highest BCUT2D eigenvalue weighted by Crippen LogP contribution is 2.44. The number of nitrogens with zero attached hydrogens (tertiary/aromatic N) is 3. The van der Waals surface area contributed by atoms with Crippen LogP contribution in [0.2, 0.25) is 0 Å². The fourth-order valence-corrected chi connectivity index (χ4v) is 5.39. The van der Waals surface area contributed by atoms with Gasteiger partial charge in [0.05, 0.1) is 0 Å². The van der Waals surface area contributed by atoms with Gasteiger partial charge in [0.25, 0.3) is 0 Å².